The molecule has 0 aromatic rings. The van der Waals surface area contributed by atoms with Gasteiger partial charge in [0, 0.05) is 6.08 Å². The van der Waals surface area contributed by atoms with Crippen LogP contribution in [0.4, 0.5) is 17.6 Å². The van der Waals surface area contributed by atoms with Crippen LogP contribution in [0.5, 0.6) is 0 Å². The van der Waals surface area contributed by atoms with Gasteiger partial charge in [-0.25, -0.2) is 4.39 Å². The van der Waals surface area contributed by atoms with Gasteiger partial charge in [0.05, 0.1) is 0 Å². The van der Waals surface area contributed by atoms with Crippen molar-refractivity contribution >= 4 is 0 Å². The van der Waals surface area contributed by atoms with Crippen LogP contribution in [0.1, 0.15) is 20.3 Å². The Labute approximate surface area is 85.7 Å². The maximum absolute atomic E-state index is 13.1. The van der Waals surface area contributed by atoms with E-state index in [2.05, 4.69) is 11.3 Å². The molecule has 0 saturated carbocycles. The van der Waals surface area contributed by atoms with Gasteiger partial charge in [-0.1, -0.05) is 19.6 Å². The highest BCUT2D eigenvalue weighted by Crippen LogP contribution is 2.22. The van der Waals surface area contributed by atoms with Gasteiger partial charge in [0.1, 0.15) is 11.6 Å². The van der Waals surface area contributed by atoms with Crippen LogP contribution >= 0.6 is 0 Å². The summed E-state index contributed by atoms with van der Waals surface area (Å²) in [5, 5.41) is 0. The molecule has 0 amide bonds. The molecule has 0 aliphatic heterocycles. The molecule has 0 fully saturated rings. The number of hydrogen-bond donors (Lipinski definition) is 0. The first-order valence-electron chi connectivity index (χ1n) is 4.25. The van der Waals surface area contributed by atoms with Crippen molar-refractivity contribution in [3.05, 3.63) is 35.9 Å². The maximum Gasteiger partial charge on any atom is 0.573 e. The Balaban J connectivity index is 4.50. The molecule has 0 aliphatic carbocycles. The lowest BCUT2D eigenvalue weighted by atomic mass is 10.2. The minimum Gasteiger partial charge on any atom is -0.406 e. The minimum absolute atomic E-state index is 0.254. The second-order valence-corrected chi connectivity index (χ2v) is 2.80. The van der Waals surface area contributed by atoms with E-state index in [-0.39, 0.29) is 5.57 Å². The van der Waals surface area contributed by atoms with Gasteiger partial charge in [-0.2, -0.15) is 0 Å². The highest BCUT2D eigenvalue weighted by atomic mass is 19.4. The van der Waals surface area contributed by atoms with Crippen LogP contribution in [0.15, 0.2) is 35.9 Å². The fraction of sp³-hybridized carbons (Fsp3) is 0.400. The van der Waals surface area contributed by atoms with Gasteiger partial charge in [0.2, 0.25) is 0 Å². The summed E-state index contributed by atoms with van der Waals surface area (Å²) < 4.78 is 51.5. The van der Waals surface area contributed by atoms with Crippen LogP contribution in [-0.2, 0) is 4.74 Å². The fourth-order valence-corrected chi connectivity index (χ4v) is 0.837. The van der Waals surface area contributed by atoms with Crippen LogP contribution in [0.2, 0.25) is 0 Å². The van der Waals surface area contributed by atoms with E-state index in [4.69, 9.17) is 0 Å². The van der Waals surface area contributed by atoms with Gasteiger partial charge in [-0.05, 0) is 18.9 Å². The summed E-state index contributed by atoms with van der Waals surface area (Å²) in [6.45, 7) is 6.18. The van der Waals surface area contributed by atoms with E-state index in [9.17, 15) is 17.6 Å². The van der Waals surface area contributed by atoms with Crippen LogP contribution < -0.4 is 0 Å². The number of halogens is 4. The van der Waals surface area contributed by atoms with Crippen molar-refractivity contribution < 1.29 is 22.3 Å². The van der Waals surface area contributed by atoms with Gasteiger partial charge in [-0.3, -0.25) is 0 Å². The standard InChI is InChI=1S/C10H12F4O/c1-4-5-7(2)9(11)6-8(3)15-10(12,13)14/h5-6H,3-4H2,1-2H3/b7-5-,9-6+. The lowest BCUT2D eigenvalue weighted by molar-refractivity contribution is -0.303. The Bertz CT molecular complexity index is 286. The van der Waals surface area contributed by atoms with Crippen LogP contribution in [0, 0.1) is 0 Å². The quantitative estimate of drug-likeness (QED) is 0.394. The van der Waals surface area contributed by atoms with E-state index in [1.165, 1.54) is 6.92 Å². The van der Waals surface area contributed by atoms with Crippen molar-refractivity contribution in [1.29, 1.82) is 0 Å². The summed E-state index contributed by atoms with van der Waals surface area (Å²) in [6.07, 6.45) is -2.09. The number of rotatable bonds is 4. The van der Waals surface area contributed by atoms with Crippen molar-refractivity contribution in [3.8, 4) is 0 Å². The molecule has 0 spiro atoms. The normalized spacial score (nSPS) is 14.0. The Kier molecular flexibility index (Phi) is 5.11. The zero-order valence-corrected chi connectivity index (χ0v) is 8.49. The summed E-state index contributed by atoms with van der Waals surface area (Å²) in [5.41, 5.74) is 0.254. The summed E-state index contributed by atoms with van der Waals surface area (Å²) in [4.78, 5) is 0. The number of hydrogen-bond acceptors (Lipinski definition) is 1. The van der Waals surface area contributed by atoms with Crippen molar-refractivity contribution in [2.75, 3.05) is 0 Å². The number of allylic oxidation sites excluding steroid dienone is 4. The predicted octanol–water partition coefficient (Wildman–Crippen LogP) is 4.25. The van der Waals surface area contributed by atoms with Crippen LogP contribution in [-0.4, -0.2) is 6.36 Å². The van der Waals surface area contributed by atoms with Crippen LogP contribution in [0.25, 0.3) is 0 Å². The topological polar surface area (TPSA) is 9.23 Å². The molecule has 0 saturated heterocycles. The summed E-state index contributed by atoms with van der Waals surface area (Å²) >= 11 is 0. The molecule has 0 N–H and O–H groups in total. The van der Waals surface area contributed by atoms with E-state index < -0.39 is 17.9 Å². The predicted molar refractivity (Wildman–Crippen MR) is 49.5 cm³/mol. The van der Waals surface area contributed by atoms with E-state index in [0.717, 1.165) is 0 Å². The molecule has 0 aromatic heterocycles. The lowest BCUT2D eigenvalue weighted by Gasteiger charge is -2.08. The molecule has 0 bridgehead atoms. The van der Waals surface area contributed by atoms with Gasteiger partial charge >= 0.3 is 6.36 Å². The number of ether oxygens (including phenoxy) is 1. The van der Waals surface area contributed by atoms with Crippen molar-refractivity contribution in [2.45, 2.75) is 26.6 Å². The minimum atomic E-state index is -4.84. The molecule has 1 nitrogen and oxygen atoms in total. The van der Waals surface area contributed by atoms with Gasteiger partial charge in [-0.15, -0.1) is 13.2 Å². The summed E-state index contributed by atoms with van der Waals surface area (Å²) in [7, 11) is 0. The van der Waals surface area contributed by atoms with Crippen LogP contribution in [0.3, 0.4) is 0 Å². The Hall–Kier alpha value is -1.26. The van der Waals surface area contributed by atoms with Gasteiger partial charge in [0.15, 0.2) is 0 Å². The summed E-state index contributed by atoms with van der Waals surface area (Å²) in [5.74, 6) is -1.56. The molecular weight excluding hydrogens is 212 g/mol. The van der Waals surface area contributed by atoms with Crippen molar-refractivity contribution in [3.63, 3.8) is 0 Å². The first-order valence-corrected chi connectivity index (χ1v) is 4.25. The van der Waals surface area contributed by atoms with Gasteiger partial charge in [0.25, 0.3) is 0 Å². The molecule has 0 heterocycles. The SMILES string of the molecule is C=C(/C=C(F)\C(C)=C/CC)OC(F)(F)F. The second kappa shape index (κ2) is 5.58. The fourth-order valence-electron chi connectivity index (χ4n) is 0.837. The average molecular weight is 224 g/mol. The second-order valence-electron chi connectivity index (χ2n) is 2.80. The summed E-state index contributed by atoms with van der Waals surface area (Å²) in [6, 6.07) is 0. The molecule has 86 valence electrons. The molecule has 0 aliphatic rings. The van der Waals surface area contributed by atoms with E-state index >= 15 is 0 Å². The lowest BCUT2D eigenvalue weighted by Crippen LogP contribution is -2.11. The van der Waals surface area contributed by atoms with Crippen molar-refractivity contribution in [1.82, 2.24) is 0 Å². The zero-order valence-electron chi connectivity index (χ0n) is 8.49. The first kappa shape index (κ1) is 13.7. The molecule has 0 rings (SSSR count). The molecule has 15 heavy (non-hydrogen) atoms. The molecule has 0 aromatic carbocycles. The Morgan fingerprint density at radius 3 is 2.33 bits per heavy atom. The molecular formula is C10H12F4O. The molecule has 0 atom stereocenters. The number of alkyl halides is 3. The third kappa shape index (κ3) is 6.76. The monoisotopic (exact) mass is 224 g/mol. The Morgan fingerprint density at radius 2 is 1.93 bits per heavy atom. The highest BCUT2D eigenvalue weighted by Gasteiger charge is 2.31. The highest BCUT2D eigenvalue weighted by molar-refractivity contribution is 5.28. The molecule has 0 unspecified atom stereocenters. The molecule has 5 heteroatoms. The largest absolute Gasteiger partial charge is 0.573 e. The van der Waals surface area contributed by atoms with E-state index in [0.29, 0.717) is 12.5 Å². The van der Waals surface area contributed by atoms with E-state index in [1.54, 1.807) is 13.0 Å². The van der Waals surface area contributed by atoms with Gasteiger partial charge < -0.3 is 4.74 Å². The van der Waals surface area contributed by atoms with Crippen molar-refractivity contribution in [2.24, 2.45) is 0 Å². The maximum atomic E-state index is 13.1. The first-order chi connectivity index (χ1) is 6.76. The van der Waals surface area contributed by atoms with E-state index in [1.807, 2.05) is 0 Å². The molecule has 0 radical (unpaired) electrons. The average Bonchev–Trinajstić information content (AvgIpc) is 2.00. The third-order valence-electron chi connectivity index (χ3n) is 1.42. The smallest absolute Gasteiger partial charge is 0.406 e. The third-order valence-corrected chi connectivity index (χ3v) is 1.42. The zero-order chi connectivity index (χ0) is 12.1. The Morgan fingerprint density at radius 1 is 1.40 bits per heavy atom.